The molecule has 0 radical (unpaired) electrons. The summed E-state index contributed by atoms with van der Waals surface area (Å²) < 4.78 is 0. The maximum Gasteiger partial charge on any atom is 0.315 e. The van der Waals surface area contributed by atoms with Crippen LogP contribution in [0, 0.1) is 11.3 Å². The molecule has 0 aliphatic carbocycles. The summed E-state index contributed by atoms with van der Waals surface area (Å²) in [7, 11) is 0. The van der Waals surface area contributed by atoms with Crippen molar-refractivity contribution in [3.05, 3.63) is 30.1 Å². The number of nitrogens with zero attached hydrogens (tertiary/aromatic N) is 3. The highest BCUT2D eigenvalue weighted by atomic mass is 16.2. The van der Waals surface area contributed by atoms with Gasteiger partial charge in [-0.25, -0.2) is 4.79 Å². The van der Waals surface area contributed by atoms with E-state index < -0.39 is 6.03 Å². The molecule has 0 saturated carbocycles. The first-order chi connectivity index (χ1) is 7.24. The van der Waals surface area contributed by atoms with Gasteiger partial charge < -0.3 is 10.6 Å². The van der Waals surface area contributed by atoms with Crippen LogP contribution in [-0.4, -0.2) is 22.5 Å². The van der Waals surface area contributed by atoms with Gasteiger partial charge in [-0.15, -0.1) is 0 Å². The van der Waals surface area contributed by atoms with Gasteiger partial charge in [0.05, 0.1) is 12.5 Å². The lowest BCUT2D eigenvalue weighted by atomic mass is 10.2. The van der Waals surface area contributed by atoms with Crippen LogP contribution < -0.4 is 5.73 Å². The summed E-state index contributed by atoms with van der Waals surface area (Å²) in [4.78, 5) is 16.4. The normalized spacial score (nSPS) is 9.27. The fourth-order valence-electron chi connectivity index (χ4n) is 1.16. The van der Waals surface area contributed by atoms with E-state index in [0.29, 0.717) is 13.1 Å². The van der Waals surface area contributed by atoms with Gasteiger partial charge in [-0.3, -0.25) is 4.98 Å². The Morgan fingerprint density at radius 3 is 3.00 bits per heavy atom. The van der Waals surface area contributed by atoms with Crippen molar-refractivity contribution in [1.29, 1.82) is 5.26 Å². The van der Waals surface area contributed by atoms with E-state index in [2.05, 4.69) is 4.98 Å². The first kappa shape index (κ1) is 11.0. The Bertz CT molecular complexity index is 357. The number of carbonyl (C=O) groups excluding carboxylic acids is 1. The number of primary amides is 1. The number of urea groups is 1. The van der Waals surface area contributed by atoms with Gasteiger partial charge in [-0.05, 0) is 11.6 Å². The smallest absolute Gasteiger partial charge is 0.315 e. The van der Waals surface area contributed by atoms with Gasteiger partial charge in [0, 0.05) is 25.5 Å². The number of rotatable bonds is 4. The molecule has 1 heterocycles. The zero-order valence-corrected chi connectivity index (χ0v) is 8.26. The number of hydrogen-bond acceptors (Lipinski definition) is 3. The van der Waals surface area contributed by atoms with Gasteiger partial charge in [0.2, 0.25) is 0 Å². The molecule has 0 saturated heterocycles. The van der Waals surface area contributed by atoms with Gasteiger partial charge in [-0.1, -0.05) is 6.07 Å². The van der Waals surface area contributed by atoms with Crippen molar-refractivity contribution in [2.75, 3.05) is 6.54 Å². The lowest BCUT2D eigenvalue weighted by molar-refractivity contribution is 0.206. The molecular formula is C10H12N4O. The second kappa shape index (κ2) is 5.60. The van der Waals surface area contributed by atoms with Crippen LogP contribution in [0.2, 0.25) is 0 Å². The molecule has 0 aromatic carbocycles. The Morgan fingerprint density at radius 1 is 1.67 bits per heavy atom. The molecule has 1 aromatic heterocycles. The van der Waals surface area contributed by atoms with Crippen molar-refractivity contribution in [1.82, 2.24) is 9.88 Å². The highest BCUT2D eigenvalue weighted by Gasteiger charge is 2.09. The molecule has 5 nitrogen and oxygen atoms in total. The number of nitriles is 1. The minimum atomic E-state index is -0.519. The van der Waals surface area contributed by atoms with Gasteiger partial charge in [0.15, 0.2) is 0 Å². The average Bonchev–Trinajstić information content (AvgIpc) is 2.25. The van der Waals surface area contributed by atoms with Gasteiger partial charge in [0.25, 0.3) is 0 Å². The maximum absolute atomic E-state index is 11.0. The standard InChI is InChI=1S/C10H12N4O/c11-4-2-6-14(10(12)15)8-9-3-1-5-13-7-9/h1,3,5,7H,2,6,8H2,(H2,12,15). The number of nitrogens with two attached hydrogens (primary N) is 1. The van der Waals surface area contributed by atoms with Crippen LogP contribution in [0.15, 0.2) is 24.5 Å². The summed E-state index contributed by atoms with van der Waals surface area (Å²) in [6, 6.07) is 5.10. The molecule has 2 N–H and O–H groups in total. The van der Waals surface area contributed by atoms with Crippen LogP contribution in [0.3, 0.4) is 0 Å². The quantitative estimate of drug-likeness (QED) is 0.790. The van der Waals surface area contributed by atoms with Gasteiger partial charge in [-0.2, -0.15) is 5.26 Å². The second-order valence-corrected chi connectivity index (χ2v) is 3.03. The first-order valence-corrected chi connectivity index (χ1v) is 4.54. The summed E-state index contributed by atoms with van der Waals surface area (Å²) >= 11 is 0. The van der Waals surface area contributed by atoms with E-state index in [1.807, 2.05) is 12.1 Å². The minimum Gasteiger partial charge on any atom is -0.351 e. The SMILES string of the molecule is N#CCCN(Cc1cccnc1)C(N)=O. The molecule has 0 spiro atoms. The maximum atomic E-state index is 11.0. The Labute approximate surface area is 88.1 Å². The fourth-order valence-corrected chi connectivity index (χ4v) is 1.16. The molecule has 0 fully saturated rings. The molecule has 0 unspecified atom stereocenters. The largest absolute Gasteiger partial charge is 0.351 e. The molecule has 1 rings (SSSR count). The summed E-state index contributed by atoms with van der Waals surface area (Å²) in [6.07, 6.45) is 3.61. The summed E-state index contributed by atoms with van der Waals surface area (Å²) in [5.41, 5.74) is 6.08. The summed E-state index contributed by atoms with van der Waals surface area (Å²) in [5.74, 6) is 0. The third kappa shape index (κ3) is 3.65. The number of hydrogen-bond donors (Lipinski definition) is 1. The fraction of sp³-hybridized carbons (Fsp3) is 0.300. The van der Waals surface area contributed by atoms with Crippen molar-refractivity contribution >= 4 is 6.03 Å². The van der Waals surface area contributed by atoms with Crippen LogP contribution in [0.5, 0.6) is 0 Å². The lowest BCUT2D eigenvalue weighted by Crippen LogP contribution is -2.35. The number of amides is 2. The molecule has 2 amide bonds. The summed E-state index contributed by atoms with van der Waals surface area (Å²) in [6.45, 7) is 0.742. The van der Waals surface area contributed by atoms with Crippen molar-refractivity contribution in [2.45, 2.75) is 13.0 Å². The molecule has 0 aliphatic heterocycles. The Morgan fingerprint density at radius 2 is 2.47 bits per heavy atom. The third-order valence-electron chi connectivity index (χ3n) is 1.90. The molecule has 0 atom stereocenters. The van der Waals surface area contributed by atoms with Crippen molar-refractivity contribution < 1.29 is 4.79 Å². The second-order valence-electron chi connectivity index (χ2n) is 3.03. The Balaban J connectivity index is 2.60. The van der Waals surface area contributed by atoms with E-state index in [-0.39, 0.29) is 6.42 Å². The molecule has 5 heteroatoms. The molecule has 15 heavy (non-hydrogen) atoms. The average molecular weight is 204 g/mol. The molecule has 1 aromatic rings. The van der Waals surface area contributed by atoms with Crippen LogP contribution >= 0.6 is 0 Å². The first-order valence-electron chi connectivity index (χ1n) is 4.54. The van der Waals surface area contributed by atoms with Crippen LogP contribution in [0.4, 0.5) is 4.79 Å². The van der Waals surface area contributed by atoms with E-state index >= 15 is 0 Å². The molecule has 78 valence electrons. The van der Waals surface area contributed by atoms with E-state index in [4.69, 9.17) is 11.0 Å². The highest BCUT2D eigenvalue weighted by Crippen LogP contribution is 2.02. The zero-order chi connectivity index (χ0) is 11.1. The Hall–Kier alpha value is -2.09. The molecule has 0 bridgehead atoms. The van der Waals surface area contributed by atoms with Gasteiger partial charge in [0.1, 0.15) is 0 Å². The van der Waals surface area contributed by atoms with Crippen molar-refractivity contribution in [3.8, 4) is 6.07 Å². The lowest BCUT2D eigenvalue weighted by Gasteiger charge is -2.18. The zero-order valence-electron chi connectivity index (χ0n) is 8.26. The Kier molecular flexibility index (Phi) is 4.10. The monoisotopic (exact) mass is 204 g/mol. The summed E-state index contributed by atoms with van der Waals surface area (Å²) in [5, 5.41) is 8.42. The van der Waals surface area contributed by atoms with Gasteiger partial charge >= 0.3 is 6.03 Å². The van der Waals surface area contributed by atoms with Crippen LogP contribution in [0.25, 0.3) is 0 Å². The predicted molar refractivity (Wildman–Crippen MR) is 54.5 cm³/mol. The van der Waals surface area contributed by atoms with Crippen LogP contribution in [-0.2, 0) is 6.54 Å². The number of pyridine rings is 1. The topological polar surface area (TPSA) is 83.0 Å². The van der Waals surface area contributed by atoms with E-state index in [9.17, 15) is 4.79 Å². The van der Waals surface area contributed by atoms with E-state index in [0.717, 1.165) is 5.56 Å². The van der Waals surface area contributed by atoms with E-state index in [1.54, 1.807) is 18.5 Å². The third-order valence-corrected chi connectivity index (χ3v) is 1.90. The predicted octanol–water partition coefficient (Wildman–Crippen LogP) is 0.876. The van der Waals surface area contributed by atoms with Crippen LogP contribution in [0.1, 0.15) is 12.0 Å². The number of aromatic nitrogens is 1. The molecule has 0 aliphatic rings. The number of carbonyl (C=O) groups is 1. The highest BCUT2D eigenvalue weighted by molar-refractivity contribution is 5.71. The van der Waals surface area contributed by atoms with E-state index in [1.165, 1.54) is 4.90 Å². The van der Waals surface area contributed by atoms with Crippen molar-refractivity contribution in [2.24, 2.45) is 5.73 Å². The van der Waals surface area contributed by atoms with Crippen molar-refractivity contribution in [3.63, 3.8) is 0 Å². The molecular weight excluding hydrogens is 192 g/mol. The minimum absolute atomic E-state index is 0.281.